The molecule has 9 heteroatoms. The molecule has 0 bridgehead atoms. The highest BCUT2D eigenvalue weighted by Crippen LogP contribution is 2.13. The monoisotopic (exact) mass is 436 g/mol. The molecule has 1 aromatic rings. The number of carbonyl (C=O) groups is 4. The van der Waals surface area contributed by atoms with Gasteiger partial charge in [-0.1, -0.05) is 12.8 Å². The van der Waals surface area contributed by atoms with Gasteiger partial charge in [0, 0.05) is 18.7 Å². The first-order chi connectivity index (χ1) is 14.6. The number of nitrogens with one attached hydrogen (secondary N) is 2. The summed E-state index contributed by atoms with van der Waals surface area (Å²) in [6, 6.07) is 4.06. The lowest BCUT2D eigenvalue weighted by atomic mass is 10.0. The minimum atomic E-state index is -0.653. The van der Waals surface area contributed by atoms with E-state index < -0.39 is 29.5 Å². The summed E-state index contributed by atoms with van der Waals surface area (Å²) in [7, 11) is 2.44. The van der Waals surface area contributed by atoms with Crippen LogP contribution in [0.5, 0.6) is 0 Å². The molecule has 0 aliphatic heterocycles. The Bertz CT molecular complexity index is 750. The predicted octanol–water partition coefficient (Wildman–Crippen LogP) is 3.07. The van der Waals surface area contributed by atoms with Gasteiger partial charge in [0.05, 0.1) is 25.3 Å². The van der Waals surface area contributed by atoms with Crippen molar-refractivity contribution in [2.75, 3.05) is 27.3 Å². The lowest BCUT2D eigenvalue weighted by Gasteiger charge is -2.19. The third kappa shape index (κ3) is 9.97. The summed E-state index contributed by atoms with van der Waals surface area (Å²) in [6.45, 7) is 6.39. The van der Waals surface area contributed by atoms with Gasteiger partial charge >= 0.3 is 18.0 Å². The number of ether oxygens (including phenoxy) is 3. The van der Waals surface area contributed by atoms with Gasteiger partial charge in [-0.2, -0.15) is 0 Å². The first-order valence-electron chi connectivity index (χ1n) is 10.1. The van der Waals surface area contributed by atoms with Crippen LogP contribution >= 0.6 is 0 Å². The van der Waals surface area contributed by atoms with E-state index in [1.807, 2.05) is 20.8 Å². The van der Waals surface area contributed by atoms with Crippen molar-refractivity contribution in [2.45, 2.75) is 52.1 Å². The molecule has 172 valence electrons. The van der Waals surface area contributed by atoms with Gasteiger partial charge in [-0.3, -0.25) is 4.79 Å². The van der Waals surface area contributed by atoms with Crippen molar-refractivity contribution in [3.05, 3.63) is 34.9 Å². The smallest absolute Gasteiger partial charge is 0.407 e. The van der Waals surface area contributed by atoms with Crippen LogP contribution in [-0.2, 0) is 14.2 Å². The molecule has 0 saturated heterocycles. The zero-order valence-corrected chi connectivity index (χ0v) is 18.8. The lowest BCUT2D eigenvalue weighted by molar-refractivity contribution is 0.0524. The van der Waals surface area contributed by atoms with Gasteiger partial charge in [0.2, 0.25) is 0 Å². The van der Waals surface area contributed by atoms with Crippen LogP contribution in [0.15, 0.2) is 18.2 Å². The molecule has 0 radical (unpaired) electrons. The zero-order valence-electron chi connectivity index (χ0n) is 18.8. The minimum absolute atomic E-state index is 0.0908. The van der Waals surface area contributed by atoms with E-state index in [1.165, 1.54) is 32.4 Å². The van der Waals surface area contributed by atoms with Crippen LogP contribution in [0.4, 0.5) is 4.79 Å². The molecule has 0 aliphatic carbocycles. The van der Waals surface area contributed by atoms with Crippen LogP contribution in [0.1, 0.15) is 77.5 Å². The quantitative estimate of drug-likeness (QED) is 0.328. The normalized spacial score (nSPS) is 10.7. The first kappa shape index (κ1) is 25.9. The summed E-state index contributed by atoms with van der Waals surface area (Å²) in [4.78, 5) is 47.6. The third-order valence-corrected chi connectivity index (χ3v) is 4.09. The fourth-order valence-electron chi connectivity index (χ4n) is 2.64. The number of hydrogen-bond donors (Lipinski definition) is 2. The average molecular weight is 437 g/mol. The summed E-state index contributed by atoms with van der Waals surface area (Å²) in [5, 5.41) is 5.47. The summed E-state index contributed by atoms with van der Waals surface area (Å²) in [5.74, 6) is -1.71. The standard InChI is InChI=1S/C22H32N2O7/c1-22(2,3)31-21(28)24-11-9-7-6-8-10-23-18(25)15-12-16(19(26)29-4)14-17(13-15)20(27)30-5/h12-14H,6-11H2,1-5H3,(H,23,25)(H,24,28). The van der Waals surface area contributed by atoms with Gasteiger partial charge in [0.25, 0.3) is 5.91 Å². The molecule has 0 aromatic heterocycles. The molecule has 0 heterocycles. The Morgan fingerprint density at radius 3 is 1.65 bits per heavy atom. The van der Waals surface area contributed by atoms with Crippen molar-refractivity contribution in [2.24, 2.45) is 0 Å². The maximum atomic E-state index is 12.4. The molecule has 2 N–H and O–H groups in total. The molecule has 9 nitrogen and oxygen atoms in total. The van der Waals surface area contributed by atoms with Gasteiger partial charge in [0.15, 0.2) is 0 Å². The van der Waals surface area contributed by atoms with Gasteiger partial charge in [-0.05, 0) is 51.8 Å². The summed E-state index contributed by atoms with van der Waals surface area (Å²) < 4.78 is 14.5. The van der Waals surface area contributed by atoms with Crippen molar-refractivity contribution in [3.63, 3.8) is 0 Å². The number of esters is 2. The number of hydrogen-bond acceptors (Lipinski definition) is 7. The van der Waals surface area contributed by atoms with Crippen molar-refractivity contribution < 1.29 is 33.4 Å². The Hall–Kier alpha value is -3.10. The number of unbranched alkanes of at least 4 members (excludes halogenated alkanes) is 3. The van der Waals surface area contributed by atoms with E-state index in [1.54, 1.807) is 0 Å². The van der Waals surface area contributed by atoms with Crippen LogP contribution in [0.3, 0.4) is 0 Å². The number of carbonyl (C=O) groups excluding carboxylic acids is 4. The molecule has 0 fully saturated rings. The molecule has 0 atom stereocenters. The average Bonchev–Trinajstić information content (AvgIpc) is 2.72. The largest absolute Gasteiger partial charge is 0.465 e. The topological polar surface area (TPSA) is 120 Å². The minimum Gasteiger partial charge on any atom is -0.465 e. The lowest BCUT2D eigenvalue weighted by Crippen LogP contribution is -2.33. The summed E-state index contributed by atoms with van der Waals surface area (Å²) >= 11 is 0. The van der Waals surface area contributed by atoms with Gasteiger partial charge < -0.3 is 24.8 Å². The Balaban J connectivity index is 2.42. The van der Waals surface area contributed by atoms with Crippen LogP contribution in [0.2, 0.25) is 0 Å². The molecular formula is C22H32N2O7. The van der Waals surface area contributed by atoms with Crippen LogP contribution in [-0.4, -0.2) is 56.8 Å². The summed E-state index contributed by atoms with van der Waals surface area (Å²) in [6.07, 6.45) is 2.87. The number of amides is 2. The maximum absolute atomic E-state index is 12.4. The molecule has 0 unspecified atom stereocenters. The highest BCUT2D eigenvalue weighted by Gasteiger charge is 2.17. The van der Waals surface area contributed by atoms with E-state index >= 15 is 0 Å². The van der Waals surface area contributed by atoms with Crippen LogP contribution in [0.25, 0.3) is 0 Å². The second-order valence-corrected chi connectivity index (χ2v) is 7.88. The van der Waals surface area contributed by atoms with Gasteiger partial charge in [-0.25, -0.2) is 14.4 Å². The van der Waals surface area contributed by atoms with Crippen molar-refractivity contribution in [1.82, 2.24) is 10.6 Å². The molecule has 1 rings (SSSR count). The second kappa shape index (κ2) is 12.6. The Morgan fingerprint density at radius 1 is 0.742 bits per heavy atom. The van der Waals surface area contributed by atoms with E-state index in [0.29, 0.717) is 13.1 Å². The molecule has 0 spiro atoms. The number of rotatable bonds is 10. The fourth-order valence-corrected chi connectivity index (χ4v) is 2.64. The van der Waals surface area contributed by atoms with Crippen molar-refractivity contribution >= 4 is 23.9 Å². The van der Waals surface area contributed by atoms with E-state index in [-0.39, 0.29) is 16.7 Å². The third-order valence-electron chi connectivity index (χ3n) is 4.09. The number of methoxy groups -OCH3 is 2. The zero-order chi connectivity index (χ0) is 23.4. The van der Waals surface area contributed by atoms with E-state index in [4.69, 9.17) is 4.74 Å². The van der Waals surface area contributed by atoms with E-state index in [0.717, 1.165) is 25.7 Å². The number of alkyl carbamates (subject to hydrolysis) is 1. The van der Waals surface area contributed by atoms with Gasteiger partial charge in [-0.15, -0.1) is 0 Å². The Labute approximate surface area is 182 Å². The first-order valence-corrected chi connectivity index (χ1v) is 10.1. The van der Waals surface area contributed by atoms with Crippen LogP contribution < -0.4 is 10.6 Å². The number of benzene rings is 1. The molecule has 0 aliphatic rings. The Morgan fingerprint density at radius 2 is 1.19 bits per heavy atom. The molecule has 31 heavy (non-hydrogen) atoms. The van der Waals surface area contributed by atoms with Crippen LogP contribution in [0, 0.1) is 0 Å². The highest BCUT2D eigenvalue weighted by atomic mass is 16.6. The van der Waals surface area contributed by atoms with Crippen molar-refractivity contribution in [3.8, 4) is 0 Å². The summed E-state index contributed by atoms with van der Waals surface area (Å²) in [5.41, 5.74) is -0.165. The second-order valence-electron chi connectivity index (χ2n) is 7.88. The molecular weight excluding hydrogens is 404 g/mol. The maximum Gasteiger partial charge on any atom is 0.407 e. The highest BCUT2D eigenvalue weighted by molar-refractivity contribution is 6.02. The fraction of sp³-hybridized carbons (Fsp3) is 0.545. The SMILES string of the molecule is COC(=O)c1cc(C(=O)NCCCCCCNC(=O)OC(C)(C)C)cc(C(=O)OC)c1. The van der Waals surface area contributed by atoms with E-state index in [2.05, 4.69) is 20.1 Å². The Kier molecular flexibility index (Phi) is 10.5. The molecule has 2 amide bonds. The molecule has 1 aromatic carbocycles. The van der Waals surface area contributed by atoms with Crippen molar-refractivity contribution in [1.29, 1.82) is 0 Å². The van der Waals surface area contributed by atoms with E-state index in [9.17, 15) is 19.2 Å². The van der Waals surface area contributed by atoms with Gasteiger partial charge in [0.1, 0.15) is 5.60 Å². The predicted molar refractivity (Wildman–Crippen MR) is 114 cm³/mol. The molecule has 0 saturated carbocycles.